The summed E-state index contributed by atoms with van der Waals surface area (Å²) in [6.07, 6.45) is 0. The Bertz CT molecular complexity index is 157. The number of nitrogens with two attached hydrogens (primary N) is 1. The number of hydrogen-bond donors (Lipinski definition) is 1. The second-order valence-electron chi connectivity index (χ2n) is 1.44. The van der Waals surface area contributed by atoms with E-state index in [-0.39, 0.29) is 0 Å². The molecule has 0 aliphatic carbocycles. The van der Waals surface area contributed by atoms with Gasteiger partial charge in [0.15, 0.2) is 0 Å². The zero-order valence-corrected chi connectivity index (χ0v) is 4.48. The van der Waals surface area contributed by atoms with Crippen LogP contribution in [0.25, 0.3) is 0 Å². The Hall–Kier alpha value is -0.130. The van der Waals surface area contributed by atoms with Gasteiger partial charge in [0.1, 0.15) is 0 Å². The second-order valence-corrected chi connectivity index (χ2v) is 2.99. The summed E-state index contributed by atoms with van der Waals surface area (Å²) in [6, 6.07) is 0. The molecule has 1 heterocycles. The summed E-state index contributed by atoms with van der Waals surface area (Å²) in [5.41, 5.74) is 0. The molecule has 0 atom stereocenters. The van der Waals surface area contributed by atoms with Crippen LogP contribution in [0, 0.1) is 0 Å². The lowest BCUT2D eigenvalue weighted by Crippen LogP contribution is -2.20. The van der Waals surface area contributed by atoms with Gasteiger partial charge in [-0.15, -0.1) is 0 Å². The molecule has 1 aliphatic rings. The third-order valence-corrected chi connectivity index (χ3v) is 1.85. The lowest BCUT2D eigenvalue weighted by molar-refractivity contribution is 0.565. The fourth-order valence-electron chi connectivity index (χ4n) is 0.295. The Balaban J connectivity index is 2.71. The van der Waals surface area contributed by atoms with Crippen molar-refractivity contribution in [1.29, 1.82) is 0 Å². The van der Waals surface area contributed by atoms with E-state index in [4.69, 9.17) is 0 Å². The molecule has 0 spiro atoms. The quantitative estimate of drug-likeness (QED) is 0.430. The smallest absolute Gasteiger partial charge is 0.216 e. The molecule has 4 nitrogen and oxygen atoms in total. The maximum atomic E-state index is 10.1. The van der Waals surface area contributed by atoms with Gasteiger partial charge in [-0.1, -0.05) is 0 Å². The fraction of sp³-hybridized carbons (Fsp3) is 1.00. The van der Waals surface area contributed by atoms with Gasteiger partial charge >= 0.3 is 0 Å². The lowest BCUT2D eigenvalue weighted by atomic mass is 11.0. The van der Waals surface area contributed by atoms with Crippen molar-refractivity contribution in [3.63, 3.8) is 0 Å². The molecule has 0 unspecified atom stereocenters. The number of nitrogens with zero attached hydrogens (tertiary/aromatic N) is 1. The van der Waals surface area contributed by atoms with Gasteiger partial charge in [-0.05, 0) is 0 Å². The number of hydrogen-bond acceptors (Lipinski definition) is 2. The highest BCUT2D eigenvalue weighted by atomic mass is 32.2. The Morgan fingerprint density at radius 1 is 1.43 bits per heavy atom. The molecule has 0 saturated carbocycles. The molecule has 42 valence electrons. The molecular weight excluding hydrogens is 116 g/mol. The molecule has 1 rings (SSSR count). The molecule has 0 amide bonds. The van der Waals surface area contributed by atoms with Gasteiger partial charge in [-0.25, -0.2) is 5.14 Å². The predicted molar refractivity (Wildman–Crippen MR) is 24.7 cm³/mol. The van der Waals surface area contributed by atoms with Crippen molar-refractivity contribution in [3.8, 4) is 0 Å². The first kappa shape index (κ1) is 5.02. The largest absolute Gasteiger partial charge is 0.276 e. The molecule has 2 N–H and O–H groups in total. The van der Waals surface area contributed by atoms with Crippen LogP contribution < -0.4 is 5.14 Å². The van der Waals surface area contributed by atoms with Gasteiger partial charge in [-0.3, -0.25) is 0 Å². The van der Waals surface area contributed by atoms with Crippen LogP contribution >= 0.6 is 0 Å². The molecule has 1 fully saturated rings. The highest BCUT2D eigenvalue weighted by molar-refractivity contribution is 7.87. The van der Waals surface area contributed by atoms with E-state index in [2.05, 4.69) is 5.14 Å². The van der Waals surface area contributed by atoms with Crippen molar-refractivity contribution >= 4 is 10.2 Å². The standard InChI is InChI=1S/C2H6N2O2S/c3-7(5,6)4-1-2-4/h1-2H2,(H2,3,5,6). The summed E-state index contributed by atoms with van der Waals surface area (Å²) in [4.78, 5) is 0. The van der Waals surface area contributed by atoms with Crippen LogP contribution in [0.1, 0.15) is 0 Å². The SMILES string of the molecule is NS(=O)(=O)N1CC1. The zero-order valence-electron chi connectivity index (χ0n) is 3.66. The maximum Gasteiger partial charge on any atom is 0.276 e. The molecule has 0 bridgehead atoms. The van der Waals surface area contributed by atoms with Gasteiger partial charge < -0.3 is 0 Å². The van der Waals surface area contributed by atoms with Gasteiger partial charge in [0, 0.05) is 13.1 Å². The second kappa shape index (κ2) is 1.18. The number of rotatable bonds is 1. The first-order chi connectivity index (χ1) is 3.11. The summed E-state index contributed by atoms with van der Waals surface area (Å²) in [6.45, 7) is 1.19. The van der Waals surface area contributed by atoms with Crippen molar-refractivity contribution in [2.75, 3.05) is 13.1 Å². The normalized spacial score (nSPS) is 22.4. The highest BCUT2D eigenvalue weighted by Crippen LogP contribution is 2.05. The van der Waals surface area contributed by atoms with Crippen molar-refractivity contribution in [2.24, 2.45) is 5.14 Å². The molecule has 0 aromatic heterocycles. The summed E-state index contributed by atoms with van der Waals surface area (Å²) in [7, 11) is -3.30. The topological polar surface area (TPSA) is 63.2 Å². The monoisotopic (exact) mass is 122 g/mol. The van der Waals surface area contributed by atoms with Gasteiger partial charge in [0.2, 0.25) is 0 Å². The van der Waals surface area contributed by atoms with Crippen molar-refractivity contribution in [1.82, 2.24) is 4.31 Å². The van der Waals surface area contributed by atoms with Crippen molar-refractivity contribution in [2.45, 2.75) is 0 Å². The van der Waals surface area contributed by atoms with Crippen LogP contribution in [0.3, 0.4) is 0 Å². The maximum absolute atomic E-state index is 10.1. The van der Waals surface area contributed by atoms with Crippen LogP contribution in [-0.2, 0) is 10.2 Å². The third-order valence-electron chi connectivity index (χ3n) is 0.766. The highest BCUT2D eigenvalue weighted by Gasteiger charge is 2.27. The summed E-state index contributed by atoms with van der Waals surface area (Å²) < 4.78 is 21.4. The fourth-order valence-corrected chi connectivity index (χ4v) is 0.886. The average Bonchev–Trinajstić information content (AvgIpc) is 1.99. The molecule has 0 radical (unpaired) electrons. The minimum atomic E-state index is -3.30. The van der Waals surface area contributed by atoms with E-state index in [1.54, 1.807) is 0 Å². The van der Waals surface area contributed by atoms with Crippen LogP contribution in [0.4, 0.5) is 0 Å². The minimum Gasteiger partial charge on any atom is -0.216 e. The lowest BCUT2D eigenvalue weighted by Gasteiger charge is -1.89. The summed E-state index contributed by atoms with van der Waals surface area (Å²) in [5.74, 6) is 0. The molecule has 5 heteroatoms. The minimum absolute atomic E-state index is 0.596. The van der Waals surface area contributed by atoms with Crippen molar-refractivity contribution < 1.29 is 8.42 Å². The van der Waals surface area contributed by atoms with Gasteiger partial charge in [0.25, 0.3) is 10.2 Å². The molecule has 7 heavy (non-hydrogen) atoms. The van der Waals surface area contributed by atoms with E-state index in [1.807, 2.05) is 0 Å². The molecule has 1 saturated heterocycles. The van der Waals surface area contributed by atoms with Crippen molar-refractivity contribution in [3.05, 3.63) is 0 Å². The van der Waals surface area contributed by atoms with E-state index >= 15 is 0 Å². The van der Waals surface area contributed by atoms with Crippen LogP contribution in [0.2, 0.25) is 0 Å². The first-order valence-electron chi connectivity index (χ1n) is 1.88. The Morgan fingerprint density at radius 3 is 1.86 bits per heavy atom. The molecule has 1 aliphatic heterocycles. The van der Waals surface area contributed by atoms with E-state index < -0.39 is 10.2 Å². The van der Waals surface area contributed by atoms with Crippen LogP contribution in [-0.4, -0.2) is 25.8 Å². The van der Waals surface area contributed by atoms with E-state index in [1.165, 1.54) is 4.31 Å². The van der Waals surface area contributed by atoms with Gasteiger partial charge in [0.05, 0.1) is 0 Å². The Morgan fingerprint density at radius 2 is 1.86 bits per heavy atom. The zero-order chi connectivity index (χ0) is 5.49. The third kappa shape index (κ3) is 1.12. The van der Waals surface area contributed by atoms with Gasteiger partial charge in [-0.2, -0.15) is 12.7 Å². The molecule has 0 aromatic rings. The first-order valence-corrected chi connectivity index (χ1v) is 3.39. The Labute approximate surface area is 42.1 Å². The molecular formula is C2H6N2O2S. The predicted octanol–water partition coefficient (Wildman–Crippen LogP) is -1.49. The van der Waals surface area contributed by atoms with Crippen LogP contribution in [0.5, 0.6) is 0 Å². The Kier molecular flexibility index (Phi) is 0.844. The summed E-state index contributed by atoms with van der Waals surface area (Å²) in [5, 5.41) is 4.64. The average molecular weight is 122 g/mol. The van der Waals surface area contributed by atoms with E-state index in [0.717, 1.165) is 0 Å². The molecule has 0 aromatic carbocycles. The van der Waals surface area contributed by atoms with Crippen LogP contribution in [0.15, 0.2) is 0 Å². The van der Waals surface area contributed by atoms with E-state index in [9.17, 15) is 8.42 Å². The summed E-state index contributed by atoms with van der Waals surface area (Å²) >= 11 is 0. The van der Waals surface area contributed by atoms with E-state index in [0.29, 0.717) is 13.1 Å².